The van der Waals surface area contributed by atoms with Gasteiger partial charge in [0.05, 0.1) is 0 Å². The fourth-order valence-corrected chi connectivity index (χ4v) is 3.64. The summed E-state index contributed by atoms with van der Waals surface area (Å²) >= 11 is 0. The Labute approximate surface area is 181 Å². The number of hydrogen-bond acceptors (Lipinski definition) is 2. The normalized spacial score (nSPS) is 12.8. The lowest BCUT2D eigenvalue weighted by Gasteiger charge is -2.24. The second-order valence-corrected chi connectivity index (χ2v) is 8.13. The van der Waals surface area contributed by atoms with Crippen LogP contribution in [0.3, 0.4) is 0 Å². The van der Waals surface area contributed by atoms with Crippen LogP contribution in [0, 0.1) is 11.8 Å². The van der Waals surface area contributed by atoms with Crippen LogP contribution < -0.4 is 10.2 Å². The van der Waals surface area contributed by atoms with Gasteiger partial charge < -0.3 is 5.32 Å². The van der Waals surface area contributed by atoms with E-state index >= 15 is 0 Å². The van der Waals surface area contributed by atoms with Gasteiger partial charge in [-0.2, -0.15) is 0 Å². The lowest BCUT2D eigenvalue weighted by atomic mass is 9.98. The zero-order valence-corrected chi connectivity index (χ0v) is 18.6. The maximum atomic E-state index is 13.2. The van der Waals surface area contributed by atoms with Gasteiger partial charge in [-0.25, -0.2) is 0 Å². The SMILES string of the molecule is CCCC[C@H](CC)CNC(=O)C[C@H](C)CC(=O)N(c1ccccc1)c1ccccc1. The molecule has 0 saturated heterocycles. The number of rotatable bonds is 12. The highest BCUT2D eigenvalue weighted by Crippen LogP contribution is 2.27. The van der Waals surface area contributed by atoms with Gasteiger partial charge in [0.1, 0.15) is 0 Å². The maximum Gasteiger partial charge on any atom is 0.231 e. The van der Waals surface area contributed by atoms with Crippen LogP contribution in [0.25, 0.3) is 0 Å². The van der Waals surface area contributed by atoms with Crippen LogP contribution >= 0.6 is 0 Å². The highest BCUT2D eigenvalue weighted by atomic mass is 16.2. The summed E-state index contributed by atoms with van der Waals surface area (Å²) in [7, 11) is 0. The van der Waals surface area contributed by atoms with Crippen LogP contribution in [0.4, 0.5) is 11.4 Å². The highest BCUT2D eigenvalue weighted by molar-refractivity contribution is 6.00. The van der Waals surface area contributed by atoms with Gasteiger partial charge in [-0.05, 0) is 42.5 Å². The summed E-state index contributed by atoms with van der Waals surface area (Å²) in [5.74, 6) is 0.555. The van der Waals surface area contributed by atoms with E-state index in [2.05, 4.69) is 19.2 Å². The molecule has 0 fully saturated rings. The first-order valence-electron chi connectivity index (χ1n) is 11.2. The van der Waals surface area contributed by atoms with Crippen LogP contribution in [0.15, 0.2) is 60.7 Å². The molecule has 0 aliphatic rings. The Morgan fingerprint density at radius 1 is 0.900 bits per heavy atom. The van der Waals surface area contributed by atoms with E-state index in [4.69, 9.17) is 0 Å². The molecule has 30 heavy (non-hydrogen) atoms. The summed E-state index contributed by atoms with van der Waals surface area (Å²) < 4.78 is 0. The molecule has 1 N–H and O–H groups in total. The van der Waals surface area contributed by atoms with Gasteiger partial charge in [-0.1, -0.05) is 76.4 Å². The third kappa shape index (κ3) is 7.66. The van der Waals surface area contributed by atoms with Gasteiger partial charge in [0.15, 0.2) is 0 Å². The van der Waals surface area contributed by atoms with Crippen LogP contribution in [-0.4, -0.2) is 18.4 Å². The van der Waals surface area contributed by atoms with Crippen molar-refractivity contribution in [3.63, 3.8) is 0 Å². The topological polar surface area (TPSA) is 49.4 Å². The van der Waals surface area contributed by atoms with Crippen LogP contribution in [0.1, 0.15) is 59.3 Å². The molecule has 0 spiro atoms. The lowest BCUT2D eigenvalue weighted by molar-refractivity contribution is -0.122. The van der Waals surface area contributed by atoms with Crippen molar-refractivity contribution in [1.82, 2.24) is 5.32 Å². The average Bonchev–Trinajstić information content (AvgIpc) is 2.75. The minimum atomic E-state index is -0.0249. The number of para-hydroxylation sites is 2. The first-order chi connectivity index (χ1) is 14.5. The fraction of sp³-hybridized carbons (Fsp3) is 0.462. The number of nitrogens with zero attached hydrogens (tertiary/aromatic N) is 1. The summed E-state index contributed by atoms with van der Waals surface area (Å²) in [6.45, 7) is 7.07. The molecule has 0 aliphatic carbocycles. The highest BCUT2D eigenvalue weighted by Gasteiger charge is 2.21. The van der Waals surface area contributed by atoms with E-state index in [0.717, 1.165) is 30.8 Å². The van der Waals surface area contributed by atoms with E-state index in [1.165, 1.54) is 12.8 Å². The van der Waals surface area contributed by atoms with Gasteiger partial charge in [0.25, 0.3) is 0 Å². The van der Waals surface area contributed by atoms with Crippen molar-refractivity contribution in [3.8, 4) is 0 Å². The molecule has 0 aromatic heterocycles. The fourth-order valence-electron chi connectivity index (χ4n) is 3.64. The van der Waals surface area contributed by atoms with Gasteiger partial charge in [-0.3, -0.25) is 14.5 Å². The molecule has 0 radical (unpaired) electrons. The Bertz CT molecular complexity index is 722. The second kappa shape index (κ2) is 12.8. The number of benzene rings is 2. The Hall–Kier alpha value is -2.62. The molecule has 4 nitrogen and oxygen atoms in total. The minimum Gasteiger partial charge on any atom is -0.356 e. The molecule has 2 atom stereocenters. The van der Waals surface area contributed by atoms with E-state index in [1.54, 1.807) is 4.90 Å². The molecule has 2 aromatic carbocycles. The quantitative estimate of drug-likeness (QED) is 0.461. The molecule has 2 amide bonds. The lowest BCUT2D eigenvalue weighted by Crippen LogP contribution is -2.32. The average molecular weight is 409 g/mol. The summed E-state index contributed by atoms with van der Waals surface area (Å²) in [5, 5.41) is 3.08. The van der Waals surface area contributed by atoms with Crippen molar-refractivity contribution in [2.24, 2.45) is 11.8 Å². The Kier molecular flexibility index (Phi) is 10.1. The zero-order valence-electron chi connectivity index (χ0n) is 18.6. The molecular weight excluding hydrogens is 372 g/mol. The minimum absolute atomic E-state index is 0.00193. The maximum absolute atomic E-state index is 13.2. The molecule has 0 heterocycles. The number of nitrogens with one attached hydrogen (secondary N) is 1. The Morgan fingerprint density at radius 3 is 1.97 bits per heavy atom. The van der Waals surface area contributed by atoms with Crippen molar-refractivity contribution < 1.29 is 9.59 Å². The Balaban J connectivity index is 1.94. The van der Waals surface area contributed by atoms with Crippen molar-refractivity contribution in [3.05, 3.63) is 60.7 Å². The van der Waals surface area contributed by atoms with E-state index in [1.807, 2.05) is 67.6 Å². The smallest absolute Gasteiger partial charge is 0.231 e. The van der Waals surface area contributed by atoms with E-state index in [9.17, 15) is 9.59 Å². The predicted octanol–water partition coefficient (Wildman–Crippen LogP) is 6.10. The van der Waals surface area contributed by atoms with Crippen LogP contribution in [0.2, 0.25) is 0 Å². The van der Waals surface area contributed by atoms with E-state index in [-0.39, 0.29) is 17.7 Å². The van der Waals surface area contributed by atoms with Gasteiger partial charge in [0, 0.05) is 30.8 Å². The molecule has 2 rings (SSSR count). The van der Waals surface area contributed by atoms with E-state index < -0.39 is 0 Å². The van der Waals surface area contributed by atoms with E-state index in [0.29, 0.717) is 18.8 Å². The first-order valence-corrected chi connectivity index (χ1v) is 11.2. The van der Waals surface area contributed by atoms with Crippen molar-refractivity contribution in [2.45, 2.75) is 59.3 Å². The summed E-state index contributed by atoms with van der Waals surface area (Å²) in [4.78, 5) is 27.3. The largest absolute Gasteiger partial charge is 0.356 e. The van der Waals surface area contributed by atoms with Crippen LogP contribution in [-0.2, 0) is 9.59 Å². The molecular formula is C26H36N2O2. The molecule has 162 valence electrons. The second-order valence-electron chi connectivity index (χ2n) is 8.13. The molecule has 0 aliphatic heterocycles. The molecule has 4 heteroatoms. The van der Waals surface area contributed by atoms with Gasteiger partial charge >= 0.3 is 0 Å². The standard InChI is InChI=1S/C26H36N2O2/c1-4-6-13-22(5-2)20-27-25(29)18-21(3)19-26(30)28(23-14-9-7-10-15-23)24-16-11-8-12-17-24/h7-12,14-17,21-22H,4-6,13,18-20H2,1-3H3,(H,27,29)/t21-,22-/m0/s1. The number of hydrogen-bond donors (Lipinski definition) is 1. The van der Waals surface area contributed by atoms with Crippen molar-refractivity contribution >= 4 is 23.2 Å². The number of anilines is 2. The van der Waals surface area contributed by atoms with Crippen molar-refractivity contribution in [1.29, 1.82) is 0 Å². The third-order valence-electron chi connectivity index (χ3n) is 5.47. The number of carbonyl (C=O) groups excluding carboxylic acids is 2. The van der Waals surface area contributed by atoms with Gasteiger partial charge in [0.2, 0.25) is 11.8 Å². The molecule has 0 saturated carbocycles. The molecule has 0 bridgehead atoms. The third-order valence-corrected chi connectivity index (χ3v) is 5.47. The zero-order chi connectivity index (χ0) is 21.8. The predicted molar refractivity (Wildman–Crippen MR) is 125 cm³/mol. The number of carbonyl (C=O) groups is 2. The molecule has 0 unspecified atom stereocenters. The molecule has 2 aromatic rings. The number of unbranched alkanes of at least 4 members (excludes halogenated alkanes) is 1. The number of amides is 2. The monoisotopic (exact) mass is 408 g/mol. The van der Waals surface area contributed by atoms with Crippen molar-refractivity contribution in [2.75, 3.05) is 11.4 Å². The Morgan fingerprint density at radius 2 is 1.47 bits per heavy atom. The first kappa shape index (κ1) is 23.7. The summed E-state index contributed by atoms with van der Waals surface area (Å²) in [5.41, 5.74) is 1.68. The van der Waals surface area contributed by atoms with Crippen LogP contribution in [0.5, 0.6) is 0 Å². The summed E-state index contributed by atoms with van der Waals surface area (Å²) in [6, 6.07) is 19.3. The summed E-state index contributed by atoms with van der Waals surface area (Å²) in [6.07, 6.45) is 5.32. The van der Waals surface area contributed by atoms with Gasteiger partial charge in [-0.15, -0.1) is 0 Å².